The van der Waals surface area contributed by atoms with Crippen LogP contribution in [0.5, 0.6) is 5.75 Å². The van der Waals surface area contributed by atoms with Crippen LogP contribution in [0, 0.1) is 5.92 Å². The van der Waals surface area contributed by atoms with E-state index in [2.05, 4.69) is 0 Å². The molecule has 1 aromatic rings. The molecule has 0 radical (unpaired) electrons. The van der Waals surface area contributed by atoms with Crippen molar-refractivity contribution in [1.29, 1.82) is 0 Å². The number of benzene rings is 1. The maximum atomic E-state index is 11.6. The number of carbonyl (C=O) groups is 1. The fourth-order valence-corrected chi connectivity index (χ4v) is 1.60. The summed E-state index contributed by atoms with van der Waals surface area (Å²) in [6.45, 7) is 4.77. The van der Waals surface area contributed by atoms with Gasteiger partial charge in [-0.3, -0.25) is 4.79 Å². The second kappa shape index (κ2) is 6.50. The molecule has 0 saturated heterocycles. The maximum absolute atomic E-state index is 11.6. The van der Waals surface area contributed by atoms with Crippen molar-refractivity contribution in [3.05, 3.63) is 29.3 Å². The van der Waals surface area contributed by atoms with Crippen molar-refractivity contribution < 1.29 is 9.53 Å². The van der Waals surface area contributed by atoms with E-state index in [4.69, 9.17) is 16.3 Å². The Balaban J connectivity index is 2.38. The molecular formula is C13H18ClNO2. The van der Waals surface area contributed by atoms with Crippen LogP contribution in [0.1, 0.15) is 13.8 Å². The Bertz CT molecular complexity index is 379. The van der Waals surface area contributed by atoms with E-state index in [0.29, 0.717) is 23.9 Å². The van der Waals surface area contributed by atoms with Gasteiger partial charge in [-0.15, -0.1) is 0 Å². The van der Waals surface area contributed by atoms with Gasteiger partial charge in [0, 0.05) is 13.0 Å². The standard InChI is InChI=1S/C13H18ClNO2/c1-10(2)13(16)15(3)8-9-17-12-7-5-4-6-11(12)14/h4-7,10H,8-9H2,1-3H3. The smallest absolute Gasteiger partial charge is 0.224 e. The highest BCUT2D eigenvalue weighted by atomic mass is 35.5. The van der Waals surface area contributed by atoms with Crippen LogP contribution in [0.4, 0.5) is 0 Å². The second-order valence-corrected chi connectivity index (χ2v) is 4.60. The third-order valence-electron chi connectivity index (χ3n) is 2.39. The number of para-hydroxylation sites is 1. The predicted octanol–water partition coefficient (Wildman–Crippen LogP) is 2.83. The first-order valence-electron chi connectivity index (χ1n) is 5.64. The topological polar surface area (TPSA) is 29.5 Å². The molecular weight excluding hydrogens is 238 g/mol. The number of nitrogens with zero attached hydrogens (tertiary/aromatic N) is 1. The van der Waals surface area contributed by atoms with Crippen LogP contribution in [-0.2, 0) is 4.79 Å². The van der Waals surface area contributed by atoms with Crippen molar-refractivity contribution in [1.82, 2.24) is 4.90 Å². The number of hydrogen-bond acceptors (Lipinski definition) is 2. The monoisotopic (exact) mass is 255 g/mol. The van der Waals surface area contributed by atoms with E-state index in [-0.39, 0.29) is 11.8 Å². The molecule has 1 rings (SSSR count). The minimum Gasteiger partial charge on any atom is -0.490 e. The summed E-state index contributed by atoms with van der Waals surface area (Å²) in [4.78, 5) is 13.3. The number of likely N-dealkylation sites (N-methyl/N-ethyl adjacent to an activating group) is 1. The molecule has 4 heteroatoms. The van der Waals surface area contributed by atoms with Crippen LogP contribution in [0.25, 0.3) is 0 Å². The Morgan fingerprint density at radius 3 is 2.65 bits per heavy atom. The Morgan fingerprint density at radius 1 is 1.41 bits per heavy atom. The van der Waals surface area contributed by atoms with Crippen molar-refractivity contribution in [2.75, 3.05) is 20.2 Å². The van der Waals surface area contributed by atoms with Gasteiger partial charge < -0.3 is 9.64 Å². The summed E-state index contributed by atoms with van der Waals surface area (Å²) in [7, 11) is 1.78. The van der Waals surface area contributed by atoms with Crippen molar-refractivity contribution >= 4 is 17.5 Å². The van der Waals surface area contributed by atoms with Gasteiger partial charge in [-0.25, -0.2) is 0 Å². The van der Waals surface area contributed by atoms with Gasteiger partial charge >= 0.3 is 0 Å². The number of amides is 1. The number of hydrogen-bond donors (Lipinski definition) is 0. The molecule has 17 heavy (non-hydrogen) atoms. The van der Waals surface area contributed by atoms with E-state index in [1.807, 2.05) is 32.0 Å². The zero-order valence-electron chi connectivity index (χ0n) is 10.4. The van der Waals surface area contributed by atoms with Gasteiger partial charge in [-0.05, 0) is 12.1 Å². The fraction of sp³-hybridized carbons (Fsp3) is 0.462. The first-order chi connectivity index (χ1) is 8.02. The summed E-state index contributed by atoms with van der Waals surface area (Å²) in [5.74, 6) is 0.785. The highest BCUT2D eigenvalue weighted by Crippen LogP contribution is 2.22. The van der Waals surface area contributed by atoms with E-state index in [1.54, 1.807) is 18.0 Å². The summed E-state index contributed by atoms with van der Waals surface area (Å²) >= 11 is 5.95. The molecule has 0 heterocycles. The average Bonchev–Trinajstić information content (AvgIpc) is 2.30. The molecule has 0 N–H and O–H groups in total. The lowest BCUT2D eigenvalue weighted by atomic mass is 10.2. The molecule has 0 fully saturated rings. The minimum atomic E-state index is 0.0142. The van der Waals surface area contributed by atoms with Gasteiger partial charge in [0.25, 0.3) is 0 Å². The second-order valence-electron chi connectivity index (χ2n) is 4.19. The fourth-order valence-electron chi connectivity index (χ4n) is 1.41. The van der Waals surface area contributed by atoms with Crippen LogP contribution in [0.2, 0.25) is 5.02 Å². The van der Waals surface area contributed by atoms with Crippen molar-refractivity contribution in [3.8, 4) is 5.75 Å². The molecule has 94 valence electrons. The van der Waals surface area contributed by atoms with Gasteiger partial charge in [-0.1, -0.05) is 37.6 Å². The first kappa shape index (κ1) is 13.8. The highest BCUT2D eigenvalue weighted by molar-refractivity contribution is 6.32. The van der Waals surface area contributed by atoms with Gasteiger partial charge in [-0.2, -0.15) is 0 Å². The van der Waals surface area contributed by atoms with Gasteiger partial charge in [0.1, 0.15) is 12.4 Å². The van der Waals surface area contributed by atoms with Crippen LogP contribution in [0.3, 0.4) is 0 Å². The molecule has 0 aromatic heterocycles. The molecule has 0 spiro atoms. The highest BCUT2D eigenvalue weighted by Gasteiger charge is 2.12. The van der Waals surface area contributed by atoms with Crippen LogP contribution in [0.15, 0.2) is 24.3 Å². The summed E-state index contributed by atoms with van der Waals surface area (Å²) in [6.07, 6.45) is 0. The summed E-state index contributed by atoms with van der Waals surface area (Å²) in [5.41, 5.74) is 0. The normalized spacial score (nSPS) is 10.4. The van der Waals surface area contributed by atoms with Crippen LogP contribution in [-0.4, -0.2) is 31.0 Å². The van der Waals surface area contributed by atoms with Crippen molar-refractivity contribution in [2.24, 2.45) is 5.92 Å². The molecule has 1 aromatic carbocycles. The van der Waals surface area contributed by atoms with Crippen LogP contribution < -0.4 is 4.74 Å². The molecule has 0 atom stereocenters. The number of rotatable bonds is 5. The first-order valence-corrected chi connectivity index (χ1v) is 6.02. The zero-order valence-corrected chi connectivity index (χ0v) is 11.2. The molecule has 0 unspecified atom stereocenters. The quantitative estimate of drug-likeness (QED) is 0.810. The third-order valence-corrected chi connectivity index (χ3v) is 2.70. The number of halogens is 1. The molecule has 3 nitrogen and oxygen atoms in total. The van der Waals surface area contributed by atoms with Gasteiger partial charge in [0.2, 0.25) is 5.91 Å². The lowest BCUT2D eigenvalue weighted by Crippen LogP contribution is -2.33. The molecule has 0 bridgehead atoms. The lowest BCUT2D eigenvalue weighted by molar-refractivity contribution is -0.133. The van der Waals surface area contributed by atoms with E-state index < -0.39 is 0 Å². The SMILES string of the molecule is CC(C)C(=O)N(C)CCOc1ccccc1Cl. The summed E-state index contributed by atoms with van der Waals surface area (Å²) in [5, 5.41) is 0.588. The summed E-state index contributed by atoms with van der Waals surface area (Å²) in [6, 6.07) is 7.31. The largest absolute Gasteiger partial charge is 0.490 e. The molecule has 1 amide bonds. The maximum Gasteiger partial charge on any atom is 0.224 e. The van der Waals surface area contributed by atoms with Gasteiger partial charge in [0.15, 0.2) is 0 Å². The number of carbonyl (C=O) groups excluding carboxylic acids is 1. The van der Waals surface area contributed by atoms with E-state index >= 15 is 0 Å². The molecule has 0 aliphatic rings. The molecule has 0 saturated carbocycles. The third kappa shape index (κ3) is 4.27. The lowest BCUT2D eigenvalue weighted by Gasteiger charge is -2.19. The molecule has 0 aliphatic carbocycles. The number of ether oxygens (including phenoxy) is 1. The average molecular weight is 256 g/mol. The Labute approximate surface area is 107 Å². The van der Waals surface area contributed by atoms with Crippen LogP contribution >= 0.6 is 11.6 Å². The Kier molecular flexibility index (Phi) is 5.29. The van der Waals surface area contributed by atoms with E-state index in [1.165, 1.54) is 0 Å². The molecule has 0 aliphatic heterocycles. The van der Waals surface area contributed by atoms with E-state index in [0.717, 1.165) is 0 Å². The Morgan fingerprint density at radius 2 is 2.06 bits per heavy atom. The predicted molar refractivity (Wildman–Crippen MR) is 69.4 cm³/mol. The van der Waals surface area contributed by atoms with Gasteiger partial charge in [0.05, 0.1) is 11.6 Å². The van der Waals surface area contributed by atoms with Crippen molar-refractivity contribution in [3.63, 3.8) is 0 Å². The Hall–Kier alpha value is -1.22. The van der Waals surface area contributed by atoms with Crippen molar-refractivity contribution in [2.45, 2.75) is 13.8 Å². The zero-order chi connectivity index (χ0) is 12.8. The van der Waals surface area contributed by atoms with E-state index in [9.17, 15) is 4.79 Å². The minimum absolute atomic E-state index is 0.0142. The summed E-state index contributed by atoms with van der Waals surface area (Å²) < 4.78 is 5.51.